The first kappa shape index (κ1) is 30.6. The molecule has 0 spiro atoms. The fourth-order valence-corrected chi connectivity index (χ4v) is 7.11. The first-order valence-corrected chi connectivity index (χ1v) is 17.6. The summed E-state index contributed by atoms with van der Waals surface area (Å²) in [6.45, 7) is 0. The van der Waals surface area contributed by atoms with Crippen molar-refractivity contribution in [3.8, 4) is 67.5 Å². The summed E-state index contributed by atoms with van der Waals surface area (Å²) < 4.78 is 6.51. The van der Waals surface area contributed by atoms with E-state index in [1.165, 1.54) is 5.56 Å². The molecule has 248 valence electrons. The molecule has 0 aliphatic carbocycles. The lowest BCUT2D eigenvalue weighted by Gasteiger charge is -2.12. The summed E-state index contributed by atoms with van der Waals surface area (Å²) in [6, 6.07) is 62.3. The highest BCUT2D eigenvalue weighted by Crippen LogP contribution is 2.40. The number of hydrogen-bond donors (Lipinski definition) is 0. The van der Waals surface area contributed by atoms with Gasteiger partial charge in [0, 0.05) is 33.0 Å². The highest BCUT2D eigenvalue weighted by molar-refractivity contribution is 6.15. The number of hydrogen-bond acceptors (Lipinski definition) is 5. The lowest BCUT2D eigenvalue weighted by molar-refractivity contribution is 0.670. The standard InChI is InChI=1S/C48H30N4O/c1-3-13-31(14-4-1)32-25-27-34(28-26-32)47-50-46(33-15-5-2-6-16-33)51-48(52-47)38-20-12-18-36(30-38)35-17-11-19-37(29-35)43-39-21-7-9-23-41(39)49-44-40-22-8-10-24-42(40)53-45(43)44/h1-30H. The molecule has 0 N–H and O–H groups in total. The minimum atomic E-state index is 0.614. The van der Waals surface area contributed by atoms with Crippen LogP contribution in [0.2, 0.25) is 0 Å². The molecule has 0 aliphatic rings. The molecule has 0 fully saturated rings. The third kappa shape index (κ3) is 5.61. The van der Waals surface area contributed by atoms with Crippen LogP contribution in [0.3, 0.4) is 0 Å². The van der Waals surface area contributed by atoms with Gasteiger partial charge in [0.05, 0.1) is 5.52 Å². The van der Waals surface area contributed by atoms with Gasteiger partial charge < -0.3 is 4.42 Å². The van der Waals surface area contributed by atoms with Gasteiger partial charge in [-0.2, -0.15) is 0 Å². The predicted octanol–water partition coefficient (Wildman–Crippen LogP) is 12.3. The van der Waals surface area contributed by atoms with Crippen LogP contribution in [0.4, 0.5) is 0 Å². The third-order valence-corrected chi connectivity index (χ3v) is 9.72. The van der Waals surface area contributed by atoms with Gasteiger partial charge in [0.2, 0.25) is 0 Å². The molecule has 0 unspecified atom stereocenters. The first-order chi connectivity index (χ1) is 26.2. The fraction of sp³-hybridized carbons (Fsp3) is 0. The Morgan fingerprint density at radius 2 is 0.792 bits per heavy atom. The normalized spacial score (nSPS) is 11.4. The molecule has 0 saturated carbocycles. The molecule has 3 heterocycles. The molecule has 10 aromatic rings. The molecule has 3 aromatic heterocycles. The van der Waals surface area contributed by atoms with Gasteiger partial charge in [-0.1, -0.05) is 152 Å². The number of benzene rings is 7. The van der Waals surface area contributed by atoms with Crippen molar-refractivity contribution in [3.05, 3.63) is 182 Å². The van der Waals surface area contributed by atoms with Gasteiger partial charge in [0.15, 0.2) is 23.1 Å². The van der Waals surface area contributed by atoms with Crippen LogP contribution in [0, 0.1) is 0 Å². The van der Waals surface area contributed by atoms with Gasteiger partial charge in [0.25, 0.3) is 0 Å². The zero-order valence-corrected chi connectivity index (χ0v) is 28.5. The van der Waals surface area contributed by atoms with E-state index in [-0.39, 0.29) is 0 Å². The molecule has 5 nitrogen and oxygen atoms in total. The van der Waals surface area contributed by atoms with Crippen molar-refractivity contribution in [1.29, 1.82) is 0 Å². The Morgan fingerprint density at radius 1 is 0.321 bits per heavy atom. The van der Waals surface area contributed by atoms with Crippen molar-refractivity contribution in [2.45, 2.75) is 0 Å². The molecule has 0 amide bonds. The van der Waals surface area contributed by atoms with E-state index in [0.717, 1.165) is 77.5 Å². The van der Waals surface area contributed by atoms with Crippen LogP contribution in [-0.2, 0) is 0 Å². The van der Waals surface area contributed by atoms with Crippen molar-refractivity contribution in [2.24, 2.45) is 0 Å². The van der Waals surface area contributed by atoms with E-state index in [1.807, 2.05) is 60.7 Å². The van der Waals surface area contributed by atoms with E-state index in [2.05, 4.69) is 121 Å². The molecule has 7 aromatic carbocycles. The number of rotatable bonds is 6. The van der Waals surface area contributed by atoms with Crippen LogP contribution >= 0.6 is 0 Å². The summed E-state index contributed by atoms with van der Waals surface area (Å²) in [5.74, 6) is 1.87. The van der Waals surface area contributed by atoms with E-state index in [0.29, 0.717) is 17.5 Å². The van der Waals surface area contributed by atoms with E-state index >= 15 is 0 Å². The second kappa shape index (κ2) is 12.8. The maximum Gasteiger partial charge on any atom is 0.164 e. The Labute approximate surface area is 305 Å². The predicted molar refractivity (Wildman–Crippen MR) is 215 cm³/mol. The summed E-state index contributed by atoms with van der Waals surface area (Å²) in [7, 11) is 0. The highest BCUT2D eigenvalue weighted by Gasteiger charge is 2.19. The van der Waals surface area contributed by atoms with Crippen molar-refractivity contribution >= 4 is 33.0 Å². The largest absolute Gasteiger partial charge is 0.454 e. The molecule has 53 heavy (non-hydrogen) atoms. The van der Waals surface area contributed by atoms with Gasteiger partial charge in [-0.15, -0.1) is 0 Å². The molecule has 0 atom stereocenters. The quantitative estimate of drug-likeness (QED) is 0.175. The molecular weight excluding hydrogens is 649 g/mol. The number of para-hydroxylation sites is 2. The summed E-state index contributed by atoms with van der Waals surface area (Å²) >= 11 is 0. The fourth-order valence-electron chi connectivity index (χ4n) is 7.11. The summed E-state index contributed by atoms with van der Waals surface area (Å²) in [5.41, 5.74) is 12.7. The molecule has 0 radical (unpaired) electrons. The SMILES string of the molecule is c1ccc(-c2ccc(-c3nc(-c4ccccc4)nc(-c4cccc(-c5cccc(-c6c7ccccc7nc7c6oc6ccccc67)c5)c4)n3)cc2)cc1. The number of aromatic nitrogens is 4. The first-order valence-electron chi connectivity index (χ1n) is 17.6. The highest BCUT2D eigenvalue weighted by atomic mass is 16.3. The third-order valence-electron chi connectivity index (χ3n) is 9.72. The Balaban J connectivity index is 1.08. The van der Waals surface area contributed by atoms with Gasteiger partial charge in [-0.25, -0.2) is 19.9 Å². The maximum atomic E-state index is 6.51. The van der Waals surface area contributed by atoms with E-state index in [1.54, 1.807) is 0 Å². The monoisotopic (exact) mass is 678 g/mol. The van der Waals surface area contributed by atoms with Gasteiger partial charge >= 0.3 is 0 Å². The van der Waals surface area contributed by atoms with Crippen LogP contribution in [-0.4, -0.2) is 19.9 Å². The smallest absolute Gasteiger partial charge is 0.164 e. The second-order valence-corrected chi connectivity index (χ2v) is 13.1. The van der Waals surface area contributed by atoms with Crippen LogP contribution in [0.15, 0.2) is 186 Å². The Morgan fingerprint density at radius 3 is 1.51 bits per heavy atom. The number of fused-ring (bicyclic) bond motifs is 4. The average Bonchev–Trinajstić information content (AvgIpc) is 3.61. The minimum absolute atomic E-state index is 0.614. The zero-order valence-electron chi connectivity index (χ0n) is 28.5. The average molecular weight is 679 g/mol. The molecule has 0 bridgehead atoms. The lowest BCUT2D eigenvalue weighted by Crippen LogP contribution is -2.00. The summed E-state index contributed by atoms with van der Waals surface area (Å²) in [4.78, 5) is 20.1. The second-order valence-electron chi connectivity index (χ2n) is 13.1. The van der Waals surface area contributed by atoms with Crippen molar-refractivity contribution < 1.29 is 4.42 Å². The van der Waals surface area contributed by atoms with E-state index < -0.39 is 0 Å². The van der Waals surface area contributed by atoms with Gasteiger partial charge in [-0.3, -0.25) is 0 Å². The lowest BCUT2D eigenvalue weighted by atomic mass is 9.95. The summed E-state index contributed by atoms with van der Waals surface area (Å²) in [6.07, 6.45) is 0. The zero-order chi connectivity index (χ0) is 35.1. The van der Waals surface area contributed by atoms with Gasteiger partial charge in [-0.05, 0) is 58.1 Å². The Kier molecular flexibility index (Phi) is 7.40. The topological polar surface area (TPSA) is 64.7 Å². The molecule has 10 rings (SSSR count). The van der Waals surface area contributed by atoms with Crippen molar-refractivity contribution in [2.75, 3.05) is 0 Å². The van der Waals surface area contributed by atoms with E-state index in [4.69, 9.17) is 24.4 Å². The molecule has 0 aliphatic heterocycles. The van der Waals surface area contributed by atoms with Crippen LogP contribution < -0.4 is 0 Å². The molecule has 0 saturated heterocycles. The summed E-state index contributed by atoms with van der Waals surface area (Å²) in [5, 5.41) is 2.06. The number of pyridine rings is 1. The number of nitrogens with zero attached hydrogens (tertiary/aromatic N) is 4. The van der Waals surface area contributed by atoms with E-state index in [9.17, 15) is 0 Å². The minimum Gasteiger partial charge on any atom is -0.454 e. The van der Waals surface area contributed by atoms with Gasteiger partial charge in [0.1, 0.15) is 11.1 Å². The maximum absolute atomic E-state index is 6.51. The molecule has 5 heteroatoms. The Hall–Kier alpha value is -7.24. The van der Waals surface area contributed by atoms with Crippen LogP contribution in [0.25, 0.3) is 101 Å². The van der Waals surface area contributed by atoms with Crippen LogP contribution in [0.5, 0.6) is 0 Å². The number of furan rings is 1. The Bertz CT molecular complexity index is 2940. The van der Waals surface area contributed by atoms with Crippen molar-refractivity contribution in [1.82, 2.24) is 19.9 Å². The van der Waals surface area contributed by atoms with Crippen molar-refractivity contribution in [3.63, 3.8) is 0 Å². The van der Waals surface area contributed by atoms with Crippen LogP contribution in [0.1, 0.15) is 0 Å². The molecular formula is C48H30N4O.